The number of primary amides is 1. The van der Waals surface area contributed by atoms with Crippen LogP contribution in [0.15, 0.2) is 30.3 Å². The van der Waals surface area contributed by atoms with E-state index in [0.29, 0.717) is 25.1 Å². The SMILES string of the molecule is NC(=O)NCCC[C@@H](C(=O)O)N(N)c1ccccc1. The van der Waals surface area contributed by atoms with Crippen molar-refractivity contribution in [3.05, 3.63) is 30.3 Å². The molecular weight excluding hydrogens is 248 g/mol. The molecule has 0 heterocycles. The average molecular weight is 266 g/mol. The van der Waals surface area contributed by atoms with Gasteiger partial charge in [-0.25, -0.2) is 15.4 Å². The minimum absolute atomic E-state index is 0.307. The minimum Gasteiger partial charge on any atom is -0.480 e. The summed E-state index contributed by atoms with van der Waals surface area (Å²) in [6.45, 7) is 0.321. The maximum absolute atomic E-state index is 11.2. The zero-order valence-electron chi connectivity index (χ0n) is 10.5. The molecule has 1 rings (SSSR count). The van der Waals surface area contributed by atoms with Crippen LogP contribution < -0.4 is 21.9 Å². The number of amides is 2. The van der Waals surface area contributed by atoms with E-state index in [-0.39, 0.29) is 0 Å². The van der Waals surface area contributed by atoms with E-state index < -0.39 is 18.0 Å². The van der Waals surface area contributed by atoms with Crippen molar-refractivity contribution in [3.63, 3.8) is 0 Å². The number of carboxylic acids is 1. The first kappa shape index (κ1) is 14.8. The van der Waals surface area contributed by atoms with E-state index in [1.807, 2.05) is 6.07 Å². The molecule has 19 heavy (non-hydrogen) atoms. The smallest absolute Gasteiger partial charge is 0.327 e. The largest absolute Gasteiger partial charge is 0.480 e. The van der Waals surface area contributed by atoms with Crippen LogP contribution in [-0.4, -0.2) is 29.7 Å². The van der Waals surface area contributed by atoms with E-state index in [1.165, 1.54) is 5.01 Å². The third-order valence-corrected chi connectivity index (χ3v) is 2.63. The lowest BCUT2D eigenvalue weighted by Gasteiger charge is -2.26. The van der Waals surface area contributed by atoms with Crippen molar-refractivity contribution in [3.8, 4) is 0 Å². The molecule has 6 N–H and O–H groups in total. The number of aliphatic carboxylic acids is 1. The van der Waals surface area contributed by atoms with Crippen LogP contribution in [0.1, 0.15) is 12.8 Å². The van der Waals surface area contributed by atoms with E-state index in [9.17, 15) is 14.7 Å². The quantitative estimate of drug-likeness (QED) is 0.320. The Labute approximate surface area is 111 Å². The van der Waals surface area contributed by atoms with E-state index in [1.54, 1.807) is 24.3 Å². The molecule has 1 atom stereocenters. The molecule has 0 aliphatic rings. The third-order valence-electron chi connectivity index (χ3n) is 2.63. The first-order valence-corrected chi connectivity index (χ1v) is 5.87. The van der Waals surface area contributed by atoms with Crippen molar-refractivity contribution in [2.24, 2.45) is 11.6 Å². The molecule has 0 aromatic heterocycles. The third kappa shape index (κ3) is 4.84. The van der Waals surface area contributed by atoms with Crippen molar-refractivity contribution in [1.82, 2.24) is 5.32 Å². The lowest BCUT2D eigenvalue weighted by atomic mass is 10.1. The number of hydrazine groups is 1. The fourth-order valence-corrected chi connectivity index (χ4v) is 1.67. The number of nitrogens with two attached hydrogens (primary N) is 2. The summed E-state index contributed by atoms with van der Waals surface area (Å²) in [5.41, 5.74) is 5.54. The van der Waals surface area contributed by atoms with Gasteiger partial charge in [0.15, 0.2) is 0 Å². The highest BCUT2D eigenvalue weighted by atomic mass is 16.4. The van der Waals surface area contributed by atoms with Crippen LogP contribution in [-0.2, 0) is 4.79 Å². The highest BCUT2D eigenvalue weighted by molar-refractivity contribution is 5.77. The monoisotopic (exact) mass is 266 g/mol. The van der Waals surface area contributed by atoms with Gasteiger partial charge in [0, 0.05) is 6.54 Å². The number of para-hydroxylation sites is 1. The van der Waals surface area contributed by atoms with Crippen LogP contribution >= 0.6 is 0 Å². The molecule has 2 amide bonds. The maximum Gasteiger partial charge on any atom is 0.327 e. The number of urea groups is 1. The fraction of sp³-hybridized carbons (Fsp3) is 0.333. The Kier molecular flexibility index (Phi) is 5.62. The zero-order valence-corrected chi connectivity index (χ0v) is 10.5. The number of nitrogens with zero attached hydrogens (tertiary/aromatic N) is 1. The molecule has 0 aliphatic carbocycles. The predicted octanol–water partition coefficient (Wildman–Crippen LogP) is 0.268. The Bertz CT molecular complexity index is 424. The summed E-state index contributed by atoms with van der Waals surface area (Å²) in [5.74, 6) is 4.81. The van der Waals surface area contributed by atoms with Crippen molar-refractivity contribution in [2.75, 3.05) is 11.6 Å². The average Bonchev–Trinajstić information content (AvgIpc) is 2.38. The highest BCUT2D eigenvalue weighted by Gasteiger charge is 2.23. The molecule has 0 fully saturated rings. The van der Waals surface area contributed by atoms with Crippen molar-refractivity contribution in [1.29, 1.82) is 0 Å². The van der Waals surface area contributed by atoms with Crippen LogP contribution in [0.2, 0.25) is 0 Å². The van der Waals surface area contributed by atoms with Gasteiger partial charge in [0.1, 0.15) is 6.04 Å². The fourth-order valence-electron chi connectivity index (χ4n) is 1.67. The van der Waals surface area contributed by atoms with Gasteiger partial charge in [0.05, 0.1) is 5.69 Å². The number of anilines is 1. The second kappa shape index (κ2) is 7.22. The molecule has 0 unspecified atom stereocenters. The summed E-state index contributed by atoms with van der Waals surface area (Å²) < 4.78 is 0. The Morgan fingerprint density at radius 1 is 1.32 bits per heavy atom. The topological polar surface area (TPSA) is 122 Å². The van der Waals surface area contributed by atoms with Gasteiger partial charge in [-0.2, -0.15) is 0 Å². The van der Waals surface area contributed by atoms with Crippen LogP contribution in [0.5, 0.6) is 0 Å². The summed E-state index contributed by atoms with van der Waals surface area (Å²) in [5, 5.41) is 12.8. The zero-order chi connectivity index (χ0) is 14.3. The van der Waals surface area contributed by atoms with Crippen molar-refractivity contribution < 1.29 is 14.7 Å². The highest BCUT2D eigenvalue weighted by Crippen LogP contribution is 2.15. The number of nitrogens with one attached hydrogen (secondary N) is 1. The Balaban J connectivity index is 2.57. The van der Waals surface area contributed by atoms with Gasteiger partial charge < -0.3 is 16.2 Å². The molecule has 7 nitrogen and oxygen atoms in total. The van der Waals surface area contributed by atoms with Gasteiger partial charge in [0.25, 0.3) is 0 Å². The van der Waals surface area contributed by atoms with Crippen LogP contribution in [0, 0.1) is 0 Å². The van der Waals surface area contributed by atoms with E-state index in [2.05, 4.69) is 5.32 Å². The van der Waals surface area contributed by atoms with E-state index >= 15 is 0 Å². The summed E-state index contributed by atoms with van der Waals surface area (Å²) in [6.07, 6.45) is 0.779. The standard InChI is InChI=1S/C12H18N4O3/c13-12(19)15-8-4-7-10(11(17)18)16(14)9-5-2-1-3-6-9/h1-3,5-6,10H,4,7-8,14H2,(H,17,18)(H3,13,15,19)/t10-/m0/s1. The van der Waals surface area contributed by atoms with Gasteiger partial charge in [0.2, 0.25) is 0 Å². The summed E-state index contributed by atoms with van der Waals surface area (Å²) in [4.78, 5) is 21.7. The lowest BCUT2D eigenvalue weighted by Crippen LogP contribution is -2.46. The second-order valence-electron chi connectivity index (χ2n) is 4.03. The molecule has 104 valence electrons. The minimum atomic E-state index is -1.01. The van der Waals surface area contributed by atoms with Gasteiger partial charge in [-0.1, -0.05) is 18.2 Å². The van der Waals surface area contributed by atoms with Gasteiger partial charge in [-0.05, 0) is 25.0 Å². The molecule has 0 bridgehead atoms. The molecule has 1 aromatic rings. The van der Waals surface area contributed by atoms with Crippen LogP contribution in [0.4, 0.5) is 10.5 Å². The van der Waals surface area contributed by atoms with Crippen LogP contribution in [0.3, 0.4) is 0 Å². The molecule has 0 saturated carbocycles. The van der Waals surface area contributed by atoms with Gasteiger partial charge in [-0.3, -0.25) is 5.01 Å². The number of carbonyl (C=O) groups is 2. The number of carboxylic acid groups (broad SMARTS) is 1. The first-order valence-electron chi connectivity index (χ1n) is 5.87. The number of rotatable bonds is 7. The predicted molar refractivity (Wildman–Crippen MR) is 71.4 cm³/mol. The number of hydrogen-bond acceptors (Lipinski definition) is 4. The molecule has 0 radical (unpaired) electrons. The van der Waals surface area contributed by atoms with Crippen molar-refractivity contribution >= 4 is 17.7 Å². The Hall–Kier alpha value is -2.28. The molecule has 7 heteroatoms. The molecule has 0 spiro atoms. The molecule has 0 aliphatic heterocycles. The number of carbonyl (C=O) groups excluding carboxylic acids is 1. The maximum atomic E-state index is 11.2. The Morgan fingerprint density at radius 3 is 2.47 bits per heavy atom. The van der Waals surface area contributed by atoms with E-state index in [4.69, 9.17) is 11.6 Å². The first-order chi connectivity index (χ1) is 9.02. The van der Waals surface area contributed by atoms with E-state index in [0.717, 1.165) is 0 Å². The number of benzene rings is 1. The van der Waals surface area contributed by atoms with Gasteiger partial charge >= 0.3 is 12.0 Å². The summed E-state index contributed by atoms with van der Waals surface area (Å²) in [6, 6.07) is 7.38. The normalized spacial score (nSPS) is 11.6. The van der Waals surface area contributed by atoms with Crippen molar-refractivity contribution in [2.45, 2.75) is 18.9 Å². The summed E-state index contributed by atoms with van der Waals surface area (Å²) in [7, 11) is 0. The van der Waals surface area contributed by atoms with Gasteiger partial charge in [-0.15, -0.1) is 0 Å². The van der Waals surface area contributed by atoms with Crippen LogP contribution in [0.25, 0.3) is 0 Å². The molecule has 1 aromatic carbocycles. The lowest BCUT2D eigenvalue weighted by molar-refractivity contribution is -0.138. The Morgan fingerprint density at radius 2 is 1.95 bits per heavy atom. The second-order valence-corrected chi connectivity index (χ2v) is 4.03. The molecular formula is C12H18N4O3. The molecule has 0 saturated heterocycles. The summed E-state index contributed by atoms with van der Waals surface area (Å²) >= 11 is 0. The number of hydrogen-bond donors (Lipinski definition) is 4.